The molecule has 130 valence electrons. The number of ether oxygens (including phenoxy) is 2. The Labute approximate surface area is 138 Å². The van der Waals surface area contributed by atoms with Gasteiger partial charge in [-0.3, -0.25) is 0 Å². The summed E-state index contributed by atoms with van der Waals surface area (Å²) in [5.74, 6) is -0.102. The summed E-state index contributed by atoms with van der Waals surface area (Å²) < 4.78 is 11.9. The normalized spacial score (nSPS) is 13.0. The molecule has 1 unspecified atom stereocenters. The molecule has 0 aliphatic heterocycles. The van der Waals surface area contributed by atoms with Crippen molar-refractivity contribution in [1.82, 2.24) is 0 Å². The summed E-state index contributed by atoms with van der Waals surface area (Å²) in [6.07, 6.45) is 11.0. The Morgan fingerprint density at radius 1 is 0.864 bits per heavy atom. The smallest absolute Gasteiger partial charge is 0.214 e. The lowest BCUT2D eigenvalue weighted by Gasteiger charge is -2.37. The number of hydrogen-bond acceptors (Lipinski definition) is 2. The minimum absolute atomic E-state index is 0.389. The van der Waals surface area contributed by atoms with Gasteiger partial charge in [0, 0.05) is 25.6 Å². The third kappa shape index (κ3) is 9.43. The highest BCUT2D eigenvalue weighted by atomic mass is 16.7. The third-order valence-corrected chi connectivity index (χ3v) is 4.33. The minimum Gasteiger partial charge on any atom is -0.350 e. The summed E-state index contributed by atoms with van der Waals surface area (Å²) in [7, 11) is 0. The fourth-order valence-electron chi connectivity index (χ4n) is 3.11. The second kappa shape index (κ2) is 14.0. The molecule has 0 N–H and O–H groups in total. The summed E-state index contributed by atoms with van der Waals surface area (Å²) in [6.45, 7) is 17.3. The second-order valence-electron chi connectivity index (χ2n) is 6.16. The SMILES string of the molecule is [C-]#[N+]CCCC(CCCCCCCC)C(C)(OCC)OCC. The molecule has 1 atom stereocenters. The van der Waals surface area contributed by atoms with E-state index in [1.807, 2.05) is 13.8 Å². The average Bonchev–Trinajstić information content (AvgIpc) is 2.49. The molecule has 3 nitrogen and oxygen atoms in total. The topological polar surface area (TPSA) is 22.8 Å². The van der Waals surface area contributed by atoms with Crippen LogP contribution in [0.2, 0.25) is 0 Å². The van der Waals surface area contributed by atoms with Crippen LogP contribution in [0.4, 0.5) is 0 Å². The van der Waals surface area contributed by atoms with Crippen LogP contribution < -0.4 is 0 Å². The van der Waals surface area contributed by atoms with Crippen molar-refractivity contribution >= 4 is 0 Å². The van der Waals surface area contributed by atoms with Crippen LogP contribution in [0.3, 0.4) is 0 Å². The molecule has 0 aromatic heterocycles. The zero-order chi connectivity index (χ0) is 16.7. The zero-order valence-electron chi connectivity index (χ0n) is 15.3. The Bertz CT molecular complexity index is 280. The van der Waals surface area contributed by atoms with Gasteiger partial charge in [-0.05, 0) is 33.6 Å². The van der Waals surface area contributed by atoms with Crippen molar-refractivity contribution in [1.29, 1.82) is 0 Å². The van der Waals surface area contributed by atoms with Gasteiger partial charge in [-0.2, -0.15) is 0 Å². The minimum atomic E-state index is -0.491. The van der Waals surface area contributed by atoms with Crippen molar-refractivity contribution in [3.8, 4) is 0 Å². The van der Waals surface area contributed by atoms with Gasteiger partial charge in [0.05, 0.1) is 0 Å². The molecule has 0 saturated heterocycles. The molecule has 0 aromatic rings. The predicted octanol–water partition coefficient (Wildman–Crippen LogP) is 5.84. The van der Waals surface area contributed by atoms with E-state index in [4.69, 9.17) is 16.0 Å². The first-order valence-electron chi connectivity index (χ1n) is 9.25. The monoisotopic (exact) mass is 311 g/mol. The van der Waals surface area contributed by atoms with Gasteiger partial charge < -0.3 is 14.3 Å². The van der Waals surface area contributed by atoms with Gasteiger partial charge in [-0.1, -0.05) is 45.4 Å². The van der Waals surface area contributed by atoms with E-state index in [1.54, 1.807) is 0 Å². The van der Waals surface area contributed by atoms with E-state index in [9.17, 15) is 0 Å². The van der Waals surface area contributed by atoms with E-state index in [0.29, 0.717) is 25.7 Å². The molecule has 0 radical (unpaired) electrons. The predicted molar refractivity (Wildman–Crippen MR) is 93.8 cm³/mol. The highest BCUT2D eigenvalue weighted by molar-refractivity contribution is 4.77. The molecule has 0 aliphatic carbocycles. The lowest BCUT2D eigenvalue weighted by atomic mass is 9.88. The molecule has 22 heavy (non-hydrogen) atoms. The van der Waals surface area contributed by atoms with Crippen LogP contribution >= 0.6 is 0 Å². The quantitative estimate of drug-likeness (QED) is 0.215. The largest absolute Gasteiger partial charge is 0.350 e. The Hall–Kier alpha value is -0.590. The summed E-state index contributed by atoms with van der Waals surface area (Å²) in [5.41, 5.74) is 0. The summed E-state index contributed by atoms with van der Waals surface area (Å²) in [5, 5.41) is 0. The van der Waals surface area contributed by atoms with Crippen molar-refractivity contribution in [2.45, 2.75) is 91.3 Å². The average molecular weight is 312 g/mol. The lowest BCUT2D eigenvalue weighted by molar-refractivity contribution is -0.254. The van der Waals surface area contributed by atoms with Gasteiger partial charge in [0.15, 0.2) is 5.79 Å². The second-order valence-corrected chi connectivity index (χ2v) is 6.16. The van der Waals surface area contributed by atoms with E-state index in [0.717, 1.165) is 19.3 Å². The van der Waals surface area contributed by atoms with Crippen molar-refractivity contribution in [2.24, 2.45) is 5.92 Å². The summed E-state index contributed by atoms with van der Waals surface area (Å²) in [4.78, 5) is 3.48. The first-order valence-corrected chi connectivity index (χ1v) is 9.25. The maximum Gasteiger partial charge on any atom is 0.214 e. The number of unbranched alkanes of at least 4 members (excludes halogenated alkanes) is 5. The molecule has 0 rings (SSSR count). The Balaban J connectivity index is 4.41. The molecule has 0 heterocycles. The molecule has 0 amide bonds. The molecule has 0 fully saturated rings. The van der Waals surface area contributed by atoms with E-state index in [2.05, 4.69) is 18.7 Å². The summed E-state index contributed by atoms with van der Waals surface area (Å²) >= 11 is 0. The standard InChI is InChI=1S/C19H37NO2/c1-6-9-10-11-12-13-15-18(16-14-17-20-5)19(4,21-7-2)22-8-3/h18H,6-17H2,1-4H3. The molecule has 0 bridgehead atoms. The van der Waals surface area contributed by atoms with Crippen LogP contribution in [0, 0.1) is 12.5 Å². The number of rotatable bonds is 15. The van der Waals surface area contributed by atoms with Gasteiger partial charge >= 0.3 is 0 Å². The molecule has 0 aromatic carbocycles. The number of hydrogen-bond donors (Lipinski definition) is 0. The van der Waals surface area contributed by atoms with E-state index in [1.165, 1.54) is 38.5 Å². The van der Waals surface area contributed by atoms with Gasteiger partial charge in [0.2, 0.25) is 6.54 Å². The van der Waals surface area contributed by atoms with Crippen LogP contribution in [0.1, 0.15) is 85.5 Å². The first kappa shape index (κ1) is 21.4. The van der Waals surface area contributed by atoms with E-state index in [-0.39, 0.29) is 0 Å². The molecule has 0 aliphatic rings. The van der Waals surface area contributed by atoms with Crippen LogP contribution in [0.5, 0.6) is 0 Å². The highest BCUT2D eigenvalue weighted by Crippen LogP contribution is 2.32. The van der Waals surface area contributed by atoms with E-state index < -0.39 is 5.79 Å². The summed E-state index contributed by atoms with van der Waals surface area (Å²) in [6, 6.07) is 0. The number of nitrogens with zero attached hydrogens (tertiary/aromatic N) is 1. The molecule has 0 spiro atoms. The Kier molecular flexibility index (Phi) is 13.7. The molecular formula is C19H37NO2. The van der Waals surface area contributed by atoms with Gasteiger partial charge in [-0.15, -0.1) is 0 Å². The van der Waals surface area contributed by atoms with Crippen molar-refractivity contribution < 1.29 is 9.47 Å². The maximum absolute atomic E-state index is 6.96. The van der Waals surface area contributed by atoms with Crippen molar-refractivity contribution in [2.75, 3.05) is 19.8 Å². The van der Waals surface area contributed by atoms with Gasteiger partial charge in [0.25, 0.3) is 0 Å². The van der Waals surface area contributed by atoms with Crippen LogP contribution in [-0.4, -0.2) is 25.5 Å². The maximum atomic E-state index is 6.96. The third-order valence-electron chi connectivity index (χ3n) is 4.33. The Morgan fingerprint density at radius 2 is 1.41 bits per heavy atom. The van der Waals surface area contributed by atoms with Crippen LogP contribution in [0.15, 0.2) is 0 Å². The molecule has 3 heteroatoms. The lowest BCUT2D eigenvalue weighted by Crippen LogP contribution is -2.41. The Morgan fingerprint density at radius 3 is 1.95 bits per heavy atom. The van der Waals surface area contributed by atoms with Gasteiger partial charge in [0.1, 0.15) is 0 Å². The van der Waals surface area contributed by atoms with Crippen molar-refractivity contribution in [3.05, 3.63) is 11.4 Å². The fraction of sp³-hybridized carbons (Fsp3) is 0.947. The first-order chi connectivity index (χ1) is 10.6. The van der Waals surface area contributed by atoms with Crippen LogP contribution in [-0.2, 0) is 9.47 Å². The fourth-order valence-corrected chi connectivity index (χ4v) is 3.11. The zero-order valence-corrected chi connectivity index (χ0v) is 15.3. The highest BCUT2D eigenvalue weighted by Gasteiger charge is 2.35. The van der Waals surface area contributed by atoms with Crippen LogP contribution in [0.25, 0.3) is 4.85 Å². The van der Waals surface area contributed by atoms with Crippen molar-refractivity contribution in [3.63, 3.8) is 0 Å². The van der Waals surface area contributed by atoms with Gasteiger partial charge in [-0.25, -0.2) is 6.57 Å². The molecule has 0 saturated carbocycles. The molecular weight excluding hydrogens is 274 g/mol. The van der Waals surface area contributed by atoms with E-state index >= 15 is 0 Å².